The molecule has 0 aliphatic rings. The molecule has 0 unspecified atom stereocenters. The van der Waals surface area contributed by atoms with E-state index in [0.29, 0.717) is 23.0 Å². The van der Waals surface area contributed by atoms with Gasteiger partial charge >= 0.3 is 0 Å². The van der Waals surface area contributed by atoms with E-state index in [1.165, 1.54) is 6.20 Å². The van der Waals surface area contributed by atoms with Gasteiger partial charge in [-0.15, -0.1) is 0 Å². The maximum absolute atomic E-state index is 13.7. The highest BCUT2D eigenvalue weighted by Gasteiger charge is 2.06. The third-order valence-electron chi connectivity index (χ3n) is 2.40. The highest BCUT2D eigenvalue weighted by Crippen LogP contribution is 2.25. The third-order valence-corrected chi connectivity index (χ3v) is 3.02. The van der Waals surface area contributed by atoms with Gasteiger partial charge in [-0.25, -0.2) is 9.37 Å². The molecule has 2 rings (SSSR count). The molecule has 1 aromatic carbocycles. The average Bonchev–Trinajstić information content (AvgIpc) is 2.34. The molecule has 1 aromatic heterocycles. The van der Waals surface area contributed by atoms with Gasteiger partial charge in [0.05, 0.1) is 11.1 Å². The van der Waals surface area contributed by atoms with E-state index in [-0.39, 0.29) is 5.82 Å². The summed E-state index contributed by atoms with van der Waals surface area (Å²) in [7, 11) is 1.64. The second kappa shape index (κ2) is 5.42. The van der Waals surface area contributed by atoms with Crippen LogP contribution in [0.25, 0.3) is 10.8 Å². The van der Waals surface area contributed by atoms with Crippen LogP contribution in [0.5, 0.6) is 0 Å². The van der Waals surface area contributed by atoms with Crippen LogP contribution in [0.3, 0.4) is 0 Å². The number of methoxy groups -OCH3 is 1. The molecule has 2 aromatic rings. The topological polar surface area (TPSA) is 34.1 Å². The number of hydrogen-bond acceptors (Lipinski definition) is 3. The first kappa shape index (κ1) is 12.3. The standard InChI is InChI=1S/C12H12BrFN2O/c1-17-5-4-15-11-6-8-2-3-10(13)12(14)9(8)7-16-11/h2-3,6-7H,4-5H2,1H3,(H,15,16). The Kier molecular flexibility index (Phi) is 3.91. The minimum Gasteiger partial charge on any atom is -0.383 e. The number of nitrogens with one attached hydrogen (secondary N) is 1. The summed E-state index contributed by atoms with van der Waals surface area (Å²) in [5.41, 5.74) is 0. The highest BCUT2D eigenvalue weighted by molar-refractivity contribution is 9.10. The lowest BCUT2D eigenvalue weighted by atomic mass is 10.1. The van der Waals surface area contributed by atoms with Crippen molar-refractivity contribution in [3.05, 3.63) is 34.7 Å². The van der Waals surface area contributed by atoms with Crippen molar-refractivity contribution in [2.24, 2.45) is 0 Å². The molecule has 0 aliphatic carbocycles. The van der Waals surface area contributed by atoms with Crippen LogP contribution < -0.4 is 5.32 Å². The van der Waals surface area contributed by atoms with Crippen molar-refractivity contribution in [3.8, 4) is 0 Å². The summed E-state index contributed by atoms with van der Waals surface area (Å²) in [4.78, 5) is 4.15. The molecule has 0 amide bonds. The summed E-state index contributed by atoms with van der Waals surface area (Å²) in [6, 6.07) is 5.36. The minimum atomic E-state index is -0.279. The summed E-state index contributed by atoms with van der Waals surface area (Å²) in [6.45, 7) is 1.28. The van der Waals surface area contributed by atoms with Crippen molar-refractivity contribution in [3.63, 3.8) is 0 Å². The van der Waals surface area contributed by atoms with Crippen molar-refractivity contribution in [1.82, 2.24) is 4.98 Å². The smallest absolute Gasteiger partial charge is 0.146 e. The normalized spacial score (nSPS) is 10.8. The van der Waals surface area contributed by atoms with E-state index in [4.69, 9.17) is 4.74 Å². The number of fused-ring (bicyclic) bond motifs is 1. The zero-order valence-corrected chi connectivity index (χ0v) is 10.9. The Morgan fingerprint density at radius 2 is 2.29 bits per heavy atom. The Hall–Kier alpha value is -1.20. The fraction of sp³-hybridized carbons (Fsp3) is 0.250. The molecule has 0 spiro atoms. The molecule has 1 heterocycles. The Bertz CT molecular complexity index is 533. The lowest BCUT2D eigenvalue weighted by Gasteiger charge is -2.07. The maximum atomic E-state index is 13.7. The van der Waals surface area contributed by atoms with Crippen LogP contribution in [-0.4, -0.2) is 25.2 Å². The van der Waals surface area contributed by atoms with Crippen LogP contribution >= 0.6 is 15.9 Å². The lowest BCUT2D eigenvalue weighted by Crippen LogP contribution is -2.08. The number of aromatic nitrogens is 1. The first-order valence-corrected chi connectivity index (χ1v) is 5.98. The van der Waals surface area contributed by atoms with Gasteiger partial charge < -0.3 is 10.1 Å². The predicted molar refractivity (Wildman–Crippen MR) is 69.8 cm³/mol. The summed E-state index contributed by atoms with van der Waals surface area (Å²) >= 11 is 3.15. The number of rotatable bonds is 4. The largest absolute Gasteiger partial charge is 0.383 e. The molecule has 0 saturated carbocycles. The van der Waals surface area contributed by atoms with E-state index in [1.54, 1.807) is 13.2 Å². The summed E-state index contributed by atoms with van der Waals surface area (Å²) in [6.07, 6.45) is 1.53. The van der Waals surface area contributed by atoms with Gasteiger partial charge in [0.15, 0.2) is 0 Å². The third kappa shape index (κ3) is 2.73. The Labute approximate surface area is 107 Å². The van der Waals surface area contributed by atoms with Gasteiger partial charge in [0.25, 0.3) is 0 Å². The monoisotopic (exact) mass is 298 g/mol. The first-order chi connectivity index (χ1) is 8.22. The van der Waals surface area contributed by atoms with Gasteiger partial charge in [-0.2, -0.15) is 0 Å². The summed E-state index contributed by atoms with van der Waals surface area (Å²) in [5, 5.41) is 4.43. The van der Waals surface area contributed by atoms with Crippen molar-refractivity contribution in [2.75, 3.05) is 25.6 Å². The van der Waals surface area contributed by atoms with E-state index >= 15 is 0 Å². The molecule has 0 fully saturated rings. The lowest BCUT2D eigenvalue weighted by molar-refractivity contribution is 0.210. The highest BCUT2D eigenvalue weighted by atomic mass is 79.9. The van der Waals surface area contributed by atoms with Crippen LogP contribution in [0, 0.1) is 5.82 Å². The number of pyridine rings is 1. The van der Waals surface area contributed by atoms with Crippen LogP contribution in [0.2, 0.25) is 0 Å². The fourth-order valence-electron chi connectivity index (χ4n) is 1.53. The van der Waals surface area contributed by atoms with E-state index in [9.17, 15) is 4.39 Å². The Morgan fingerprint density at radius 1 is 1.47 bits per heavy atom. The Morgan fingerprint density at radius 3 is 3.06 bits per heavy atom. The van der Waals surface area contributed by atoms with Gasteiger partial charge in [-0.3, -0.25) is 0 Å². The molecule has 0 aliphatic heterocycles. The van der Waals surface area contributed by atoms with Gasteiger partial charge in [0.2, 0.25) is 0 Å². The molecule has 0 radical (unpaired) electrons. The number of benzene rings is 1. The Balaban J connectivity index is 2.29. The number of anilines is 1. The molecular weight excluding hydrogens is 287 g/mol. The van der Waals surface area contributed by atoms with E-state index in [0.717, 1.165) is 11.2 Å². The van der Waals surface area contributed by atoms with Gasteiger partial charge in [-0.1, -0.05) is 6.07 Å². The predicted octanol–water partition coefficient (Wildman–Crippen LogP) is 3.19. The summed E-state index contributed by atoms with van der Waals surface area (Å²) < 4.78 is 19.1. The molecule has 17 heavy (non-hydrogen) atoms. The van der Waals surface area contributed by atoms with Gasteiger partial charge in [0, 0.05) is 25.2 Å². The molecule has 0 bridgehead atoms. The number of nitrogens with zero attached hydrogens (tertiary/aromatic N) is 1. The molecule has 0 saturated heterocycles. The number of halogens is 2. The minimum absolute atomic E-state index is 0.279. The average molecular weight is 299 g/mol. The fourth-order valence-corrected chi connectivity index (χ4v) is 1.88. The van der Waals surface area contributed by atoms with E-state index < -0.39 is 0 Å². The molecule has 0 atom stereocenters. The molecule has 90 valence electrons. The SMILES string of the molecule is COCCNc1cc2ccc(Br)c(F)c2cn1. The number of hydrogen-bond donors (Lipinski definition) is 1. The van der Waals surface area contributed by atoms with Gasteiger partial charge in [-0.05, 0) is 33.4 Å². The van der Waals surface area contributed by atoms with Crippen molar-refractivity contribution < 1.29 is 9.13 Å². The zero-order chi connectivity index (χ0) is 12.3. The van der Waals surface area contributed by atoms with Crippen LogP contribution in [0.1, 0.15) is 0 Å². The molecule has 5 heteroatoms. The quantitative estimate of drug-likeness (QED) is 0.880. The second-order valence-corrected chi connectivity index (χ2v) is 4.43. The molecule has 3 nitrogen and oxygen atoms in total. The molecule has 1 N–H and O–H groups in total. The first-order valence-electron chi connectivity index (χ1n) is 5.19. The van der Waals surface area contributed by atoms with Crippen LogP contribution in [-0.2, 0) is 4.74 Å². The maximum Gasteiger partial charge on any atom is 0.146 e. The van der Waals surface area contributed by atoms with E-state index in [2.05, 4.69) is 26.2 Å². The summed E-state index contributed by atoms with van der Waals surface area (Å²) in [5.74, 6) is 0.440. The van der Waals surface area contributed by atoms with E-state index in [1.807, 2.05) is 12.1 Å². The van der Waals surface area contributed by atoms with Crippen LogP contribution in [0.4, 0.5) is 10.2 Å². The zero-order valence-electron chi connectivity index (χ0n) is 9.34. The second-order valence-electron chi connectivity index (χ2n) is 3.57. The van der Waals surface area contributed by atoms with Crippen molar-refractivity contribution >= 4 is 32.5 Å². The number of ether oxygens (including phenoxy) is 1. The van der Waals surface area contributed by atoms with Crippen molar-refractivity contribution in [2.45, 2.75) is 0 Å². The van der Waals surface area contributed by atoms with Gasteiger partial charge in [0.1, 0.15) is 11.6 Å². The van der Waals surface area contributed by atoms with Crippen LogP contribution in [0.15, 0.2) is 28.9 Å². The molecular formula is C12H12BrFN2O. The van der Waals surface area contributed by atoms with Crippen molar-refractivity contribution in [1.29, 1.82) is 0 Å².